The predicted octanol–water partition coefficient (Wildman–Crippen LogP) is 3.68. The number of amides is 2. The van der Waals surface area contributed by atoms with Gasteiger partial charge in [0, 0.05) is 23.2 Å². The smallest absolute Gasteiger partial charge is 0.271 e. The first-order chi connectivity index (χ1) is 13.4. The van der Waals surface area contributed by atoms with Gasteiger partial charge >= 0.3 is 0 Å². The van der Waals surface area contributed by atoms with Crippen LogP contribution in [0.3, 0.4) is 0 Å². The van der Waals surface area contributed by atoms with E-state index in [0.29, 0.717) is 0 Å². The summed E-state index contributed by atoms with van der Waals surface area (Å²) < 4.78 is 27.5. The second kappa shape index (κ2) is 8.87. The molecule has 10 heteroatoms. The molecule has 1 aliphatic carbocycles. The van der Waals surface area contributed by atoms with Gasteiger partial charge < -0.3 is 10.6 Å². The average Bonchev–Trinajstić information content (AvgIpc) is 3.09. The molecule has 3 rings (SSSR count). The molecule has 28 heavy (non-hydrogen) atoms. The molecule has 0 saturated heterocycles. The molecule has 1 fully saturated rings. The highest BCUT2D eigenvalue weighted by Crippen LogP contribution is 2.32. The van der Waals surface area contributed by atoms with Gasteiger partial charge in [-0.2, -0.15) is 5.10 Å². The molecule has 0 spiro atoms. The molecule has 1 aromatic carbocycles. The van der Waals surface area contributed by atoms with Crippen molar-refractivity contribution in [1.29, 1.82) is 0 Å². The number of rotatable bonds is 5. The Bertz CT molecular complexity index is 847. The summed E-state index contributed by atoms with van der Waals surface area (Å²) >= 11 is 12.6. The highest BCUT2D eigenvalue weighted by atomic mass is 35.5. The number of nitrogens with zero attached hydrogens (tertiary/aromatic N) is 1. The molecule has 2 unspecified atom stereocenters. The molecule has 0 bridgehead atoms. The van der Waals surface area contributed by atoms with Crippen LogP contribution in [0.15, 0.2) is 24.4 Å². The standard InChI is InChI=1S/C18H18Cl2F2N4O2/c19-10-3-1-4-11(20)9(10)7-23-18(28)16-14(8-24-26-16)25-17(27)15-12(21)5-2-6-13(15)22/h2,5-6,8-11H,1,3-4,7H2,(H,23,28)(H,24,26)(H,25,27)/t9?,10-,11?/m1/s1. The number of hydrogen-bond acceptors (Lipinski definition) is 3. The lowest BCUT2D eigenvalue weighted by Gasteiger charge is -2.31. The van der Waals surface area contributed by atoms with Crippen molar-refractivity contribution in [1.82, 2.24) is 15.5 Å². The molecule has 150 valence electrons. The highest BCUT2D eigenvalue weighted by Gasteiger charge is 2.31. The molecular weight excluding hydrogens is 413 g/mol. The fourth-order valence-corrected chi connectivity index (χ4v) is 4.08. The van der Waals surface area contributed by atoms with Crippen molar-refractivity contribution in [2.45, 2.75) is 30.0 Å². The van der Waals surface area contributed by atoms with E-state index in [4.69, 9.17) is 23.2 Å². The van der Waals surface area contributed by atoms with Crippen molar-refractivity contribution in [2.75, 3.05) is 11.9 Å². The lowest BCUT2D eigenvalue weighted by atomic mass is 9.88. The third-order valence-corrected chi connectivity index (χ3v) is 5.78. The van der Waals surface area contributed by atoms with Crippen LogP contribution in [0.5, 0.6) is 0 Å². The molecule has 0 radical (unpaired) electrons. The Balaban J connectivity index is 1.68. The zero-order valence-electron chi connectivity index (χ0n) is 14.6. The van der Waals surface area contributed by atoms with Crippen molar-refractivity contribution in [3.63, 3.8) is 0 Å². The van der Waals surface area contributed by atoms with Gasteiger partial charge in [0.2, 0.25) is 0 Å². The summed E-state index contributed by atoms with van der Waals surface area (Å²) in [4.78, 5) is 24.7. The van der Waals surface area contributed by atoms with Crippen molar-refractivity contribution < 1.29 is 18.4 Å². The maximum absolute atomic E-state index is 13.8. The minimum Gasteiger partial charge on any atom is -0.350 e. The summed E-state index contributed by atoms with van der Waals surface area (Å²) in [5.41, 5.74) is -0.788. The molecule has 6 nitrogen and oxygen atoms in total. The number of halogens is 4. The Morgan fingerprint density at radius 1 is 1.14 bits per heavy atom. The lowest BCUT2D eigenvalue weighted by molar-refractivity contribution is 0.0940. The van der Waals surface area contributed by atoms with E-state index in [2.05, 4.69) is 20.8 Å². The van der Waals surface area contributed by atoms with Crippen molar-refractivity contribution in [2.24, 2.45) is 5.92 Å². The zero-order valence-corrected chi connectivity index (χ0v) is 16.2. The summed E-state index contributed by atoms with van der Waals surface area (Å²) in [5.74, 6) is -3.68. The zero-order chi connectivity index (χ0) is 20.3. The van der Waals surface area contributed by atoms with Gasteiger partial charge in [0.1, 0.15) is 22.9 Å². The molecule has 1 saturated carbocycles. The van der Waals surface area contributed by atoms with Gasteiger partial charge in [-0.1, -0.05) is 12.5 Å². The minimum atomic E-state index is -1.03. The van der Waals surface area contributed by atoms with E-state index >= 15 is 0 Å². The highest BCUT2D eigenvalue weighted by molar-refractivity contribution is 6.24. The normalized spacial score (nSPS) is 21.9. The molecule has 1 heterocycles. The van der Waals surface area contributed by atoms with Gasteiger partial charge in [-0.3, -0.25) is 14.7 Å². The van der Waals surface area contributed by atoms with Crippen LogP contribution < -0.4 is 10.6 Å². The third kappa shape index (κ3) is 4.44. The van der Waals surface area contributed by atoms with Gasteiger partial charge in [0.25, 0.3) is 11.8 Å². The first-order valence-corrected chi connectivity index (χ1v) is 9.60. The van der Waals surface area contributed by atoms with E-state index in [0.717, 1.165) is 37.5 Å². The van der Waals surface area contributed by atoms with Gasteiger partial charge in [-0.15, -0.1) is 23.2 Å². The number of nitrogens with one attached hydrogen (secondary N) is 3. The van der Waals surface area contributed by atoms with E-state index in [1.165, 1.54) is 6.20 Å². The Labute approximate surface area is 170 Å². The van der Waals surface area contributed by atoms with Crippen LogP contribution in [0.2, 0.25) is 0 Å². The van der Waals surface area contributed by atoms with Crippen LogP contribution in [0, 0.1) is 17.6 Å². The lowest BCUT2D eigenvalue weighted by Crippen LogP contribution is -2.40. The Kier molecular flexibility index (Phi) is 6.51. The van der Waals surface area contributed by atoms with Gasteiger partial charge in [-0.25, -0.2) is 8.78 Å². The maximum atomic E-state index is 13.8. The number of anilines is 1. The number of carbonyl (C=O) groups is 2. The summed E-state index contributed by atoms with van der Waals surface area (Å²) in [6, 6.07) is 3.09. The first kappa shape index (κ1) is 20.5. The van der Waals surface area contributed by atoms with Crippen molar-refractivity contribution in [3.8, 4) is 0 Å². The fourth-order valence-electron chi connectivity index (χ4n) is 3.17. The molecular formula is C18H18Cl2F2N4O2. The second-order valence-corrected chi connectivity index (χ2v) is 7.67. The van der Waals surface area contributed by atoms with E-state index in [1.54, 1.807) is 0 Å². The Morgan fingerprint density at radius 2 is 1.79 bits per heavy atom. The number of H-pyrrole nitrogens is 1. The van der Waals surface area contributed by atoms with Gasteiger partial charge in [0.15, 0.2) is 0 Å². The molecule has 0 aliphatic heterocycles. The quantitative estimate of drug-likeness (QED) is 0.632. The Hall–Kier alpha value is -2.19. The van der Waals surface area contributed by atoms with E-state index < -0.39 is 29.0 Å². The van der Waals surface area contributed by atoms with E-state index in [-0.39, 0.29) is 34.6 Å². The van der Waals surface area contributed by atoms with Gasteiger partial charge in [0.05, 0.1) is 11.9 Å². The predicted molar refractivity (Wildman–Crippen MR) is 102 cm³/mol. The van der Waals surface area contributed by atoms with Crippen molar-refractivity contribution in [3.05, 3.63) is 47.3 Å². The largest absolute Gasteiger partial charge is 0.350 e. The van der Waals surface area contributed by atoms with Crippen LogP contribution in [-0.4, -0.2) is 39.3 Å². The number of hydrogen-bond donors (Lipinski definition) is 3. The van der Waals surface area contributed by atoms with Crippen molar-refractivity contribution >= 4 is 40.7 Å². The number of aromatic nitrogens is 2. The number of aromatic amines is 1. The summed E-state index contributed by atoms with van der Waals surface area (Å²) in [7, 11) is 0. The second-order valence-electron chi connectivity index (χ2n) is 6.55. The fraction of sp³-hybridized carbons (Fsp3) is 0.389. The molecule has 2 aromatic rings. The number of alkyl halides is 2. The molecule has 1 aliphatic rings. The topological polar surface area (TPSA) is 86.9 Å². The molecule has 3 atom stereocenters. The molecule has 3 N–H and O–H groups in total. The van der Waals surface area contributed by atoms with Crippen LogP contribution in [0.25, 0.3) is 0 Å². The van der Waals surface area contributed by atoms with Crippen LogP contribution in [0.4, 0.5) is 14.5 Å². The number of carbonyl (C=O) groups excluding carboxylic acids is 2. The maximum Gasteiger partial charge on any atom is 0.271 e. The first-order valence-electron chi connectivity index (χ1n) is 8.73. The average molecular weight is 431 g/mol. The third-order valence-electron chi connectivity index (χ3n) is 4.69. The summed E-state index contributed by atoms with van der Waals surface area (Å²) in [6.07, 6.45) is 3.77. The number of benzene rings is 1. The van der Waals surface area contributed by atoms with Crippen LogP contribution in [0.1, 0.15) is 40.1 Å². The minimum absolute atomic E-state index is 0.00126. The van der Waals surface area contributed by atoms with E-state index in [9.17, 15) is 18.4 Å². The van der Waals surface area contributed by atoms with Crippen LogP contribution in [-0.2, 0) is 0 Å². The molecule has 2 amide bonds. The molecule has 1 aromatic heterocycles. The van der Waals surface area contributed by atoms with E-state index in [1.807, 2.05) is 0 Å². The monoisotopic (exact) mass is 430 g/mol. The Morgan fingerprint density at radius 3 is 2.43 bits per heavy atom. The SMILES string of the molecule is O=C(NCC1C(Cl)CCC[C@H]1Cl)c1[nH]ncc1NC(=O)c1c(F)cccc1F. The van der Waals surface area contributed by atoms with Crippen LogP contribution >= 0.6 is 23.2 Å². The summed E-state index contributed by atoms with van der Waals surface area (Å²) in [6.45, 7) is 0.259. The summed E-state index contributed by atoms with van der Waals surface area (Å²) in [5, 5.41) is 10.9. The van der Waals surface area contributed by atoms with Gasteiger partial charge in [-0.05, 0) is 25.0 Å².